The molecule has 1 heterocycles. The van der Waals surface area contributed by atoms with E-state index in [1.54, 1.807) is 0 Å². The first-order valence-corrected chi connectivity index (χ1v) is 18.2. The standard InChI is InChI=1S/C51H34O/c1-51(2)42-26-24-34(30-41(42)49-43(51)27-23-32-25-28-45-50(48(32)49)40-21-10-11-22-44(40)52-45)33-15-12-16-35(29-33)47-38-19-8-6-17-36(38)46(31-13-4-3-5-14-31)37-18-7-9-20-39(37)47/h3-30H,1-2H3. The molecule has 10 aromatic rings. The van der Waals surface area contributed by atoms with Crippen molar-refractivity contribution in [1.82, 2.24) is 0 Å². The predicted octanol–water partition coefficient (Wildman–Crippen LogP) is 14.4. The van der Waals surface area contributed by atoms with Gasteiger partial charge in [0.1, 0.15) is 11.2 Å². The summed E-state index contributed by atoms with van der Waals surface area (Å²) in [7, 11) is 0. The zero-order valence-corrected chi connectivity index (χ0v) is 29.1. The Morgan fingerprint density at radius 3 is 1.65 bits per heavy atom. The Bertz CT molecular complexity index is 3030. The van der Waals surface area contributed by atoms with Crippen molar-refractivity contribution in [2.75, 3.05) is 0 Å². The lowest BCUT2D eigenvalue weighted by Crippen LogP contribution is -2.14. The van der Waals surface area contributed by atoms with Crippen molar-refractivity contribution in [2.24, 2.45) is 0 Å². The summed E-state index contributed by atoms with van der Waals surface area (Å²) in [6.07, 6.45) is 0. The Hall–Kier alpha value is -6.44. The third-order valence-corrected chi connectivity index (χ3v) is 11.6. The highest BCUT2D eigenvalue weighted by atomic mass is 16.3. The Balaban J connectivity index is 1.14. The number of rotatable bonds is 3. The van der Waals surface area contributed by atoms with E-state index in [4.69, 9.17) is 4.42 Å². The zero-order valence-electron chi connectivity index (χ0n) is 29.1. The van der Waals surface area contributed by atoms with Crippen molar-refractivity contribution in [3.63, 3.8) is 0 Å². The Morgan fingerprint density at radius 2 is 0.923 bits per heavy atom. The fourth-order valence-electron chi connectivity index (χ4n) is 9.26. The molecule has 1 aromatic heterocycles. The third-order valence-electron chi connectivity index (χ3n) is 11.6. The fourth-order valence-corrected chi connectivity index (χ4v) is 9.26. The van der Waals surface area contributed by atoms with E-state index in [0.717, 1.165) is 11.2 Å². The quantitative estimate of drug-likeness (QED) is 0.172. The van der Waals surface area contributed by atoms with E-state index < -0.39 is 0 Å². The third kappa shape index (κ3) is 4.05. The summed E-state index contributed by atoms with van der Waals surface area (Å²) >= 11 is 0. The summed E-state index contributed by atoms with van der Waals surface area (Å²) in [5, 5.41) is 9.99. The zero-order chi connectivity index (χ0) is 34.6. The lowest BCUT2D eigenvalue weighted by Gasteiger charge is -2.22. The van der Waals surface area contributed by atoms with Gasteiger partial charge in [0.05, 0.1) is 0 Å². The van der Waals surface area contributed by atoms with Crippen LogP contribution in [-0.2, 0) is 5.41 Å². The number of hydrogen-bond donors (Lipinski definition) is 0. The Morgan fingerprint density at radius 1 is 0.365 bits per heavy atom. The lowest BCUT2D eigenvalue weighted by atomic mass is 9.81. The van der Waals surface area contributed by atoms with Crippen molar-refractivity contribution in [3.8, 4) is 44.5 Å². The average molecular weight is 663 g/mol. The largest absolute Gasteiger partial charge is 0.456 e. The van der Waals surface area contributed by atoms with Crippen LogP contribution in [0.1, 0.15) is 25.0 Å². The van der Waals surface area contributed by atoms with Crippen molar-refractivity contribution in [3.05, 3.63) is 181 Å². The van der Waals surface area contributed by atoms with Crippen LogP contribution in [0.3, 0.4) is 0 Å². The first-order chi connectivity index (χ1) is 25.6. The summed E-state index contributed by atoms with van der Waals surface area (Å²) in [6.45, 7) is 4.74. The van der Waals surface area contributed by atoms with Crippen LogP contribution in [0.5, 0.6) is 0 Å². The van der Waals surface area contributed by atoms with Gasteiger partial charge in [-0.2, -0.15) is 0 Å². The minimum Gasteiger partial charge on any atom is -0.456 e. The molecule has 0 fully saturated rings. The van der Waals surface area contributed by atoms with Crippen LogP contribution in [-0.4, -0.2) is 0 Å². The lowest BCUT2D eigenvalue weighted by molar-refractivity contribution is 0.661. The molecular weight excluding hydrogens is 629 g/mol. The van der Waals surface area contributed by atoms with E-state index in [0.29, 0.717) is 0 Å². The predicted molar refractivity (Wildman–Crippen MR) is 220 cm³/mol. The Kier molecular flexibility index (Phi) is 6.08. The molecule has 0 bridgehead atoms. The minimum atomic E-state index is -0.126. The van der Waals surface area contributed by atoms with Crippen molar-refractivity contribution in [2.45, 2.75) is 19.3 Å². The molecule has 1 nitrogen and oxygen atoms in total. The van der Waals surface area contributed by atoms with Gasteiger partial charge >= 0.3 is 0 Å². The van der Waals surface area contributed by atoms with Gasteiger partial charge in [-0.1, -0.05) is 159 Å². The molecule has 0 amide bonds. The van der Waals surface area contributed by atoms with Gasteiger partial charge in [0, 0.05) is 21.6 Å². The van der Waals surface area contributed by atoms with E-state index in [1.165, 1.54) is 98.7 Å². The Labute approximate surface area is 302 Å². The van der Waals surface area contributed by atoms with Crippen LogP contribution in [0.4, 0.5) is 0 Å². The van der Waals surface area contributed by atoms with Gasteiger partial charge in [-0.05, 0) is 107 Å². The number of benzene rings is 9. The maximum absolute atomic E-state index is 6.40. The molecule has 1 aliphatic rings. The van der Waals surface area contributed by atoms with Gasteiger partial charge in [0.2, 0.25) is 0 Å². The molecule has 9 aromatic carbocycles. The highest BCUT2D eigenvalue weighted by Gasteiger charge is 2.37. The van der Waals surface area contributed by atoms with E-state index in [9.17, 15) is 0 Å². The van der Waals surface area contributed by atoms with E-state index >= 15 is 0 Å². The van der Waals surface area contributed by atoms with Crippen LogP contribution in [0.15, 0.2) is 174 Å². The molecule has 0 unspecified atom stereocenters. The average Bonchev–Trinajstić information content (AvgIpc) is 3.69. The normalized spacial score (nSPS) is 13.3. The summed E-state index contributed by atoms with van der Waals surface area (Å²) in [4.78, 5) is 0. The second-order valence-electron chi connectivity index (χ2n) is 14.8. The second kappa shape index (κ2) is 10.8. The van der Waals surface area contributed by atoms with E-state index in [2.05, 4.69) is 184 Å². The molecular formula is C51H34O. The summed E-state index contributed by atoms with van der Waals surface area (Å²) < 4.78 is 6.40. The van der Waals surface area contributed by atoms with E-state index in [1.807, 2.05) is 0 Å². The molecule has 0 radical (unpaired) electrons. The molecule has 0 saturated heterocycles. The van der Waals surface area contributed by atoms with Crippen molar-refractivity contribution in [1.29, 1.82) is 0 Å². The topological polar surface area (TPSA) is 13.1 Å². The monoisotopic (exact) mass is 662 g/mol. The molecule has 0 saturated carbocycles. The number of hydrogen-bond acceptors (Lipinski definition) is 1. The molecule has 0 atom stereocenters. The number of fused-ring (bicyclic) bond motifs is 11. The molecule has 0 spiro atoms. The molecule has 1 heteroatoms. The summed E-state index contributed by atoms with van der Waals surface area (Å²) in [6, 6.07) is 62.4. The van der Waals surface area contributed by atoms with Gasteiger partial charge in [-0.25, -0.2) is 0 Å². The number of para-hydroxylation sites is 1. The van der Waals surface area contributed by atoms with Crippen LogP contribution in [0, 0.1) is 0 Å². The fraction of sp³-hybridized carbons (Fsp3) is 0.0588. The smallest absolute Gasteiger partial charge is 0.136 e. The molecule has 1 aliphatic carbocycles. The van der Waals surface area contributed by atoms with Crippen LogP contribution in [0.2, 0.25) is 0 Å². The number of furan rings is 1. The molecule has 0 N–H and O–H groups in total. The van der Waals surface area contributed by atoms with Crippen LogP contribution in [0.25, 0.3) is 98.8 Å². The van der Waals surface area contributed by atoms with Crippen LogP contribution < -0.4 is 0 Å². The molecule has 0 aliphatic heterocycles. The first-order valence-electron chi connectivity index (χ1n) is 18.2. The van der Waals surface area contributed by atoms with Crippen LogP contribution >= 0.6 is 0 Å². The van der Waals surface area contributed by atoms with Gasteiger partial charge in [0.25, 0.3) is 0 Å². The minimum absolute atomic E-state index is 0.126. The maximum atomic E-state index is 6.40. The molecule has 11 rings (SSSR count). The van der Waals surface area contributed by atoms with Crippen molar-refractivity contribution >= 4 is 54.3 Å². The summed E-state index contributed by atoms with van der Waals surface area (Å²) in [5.41, 5.74) is 14.6. The molecule has 52 heavy (non-hydrogen) atoms. The molecule has 244 valence electrons. The SMILES string of the molecule is CC1(C)c2ccc(-c3cccc(-c4c5ccccc5c(-c5ccccc5)c5ccccc45)c3)cc2-c2c1ccc1ccc3oc4ccccc4c3c21. The summed E-state index contributed by atoms with van der Waals surface area (Å²) in [5.74, 6) is 0. The van der Waals surface area contributed by atoms with Gasteiger partial charge in [-0.3, -0.25) is 0 Å². The van der Waals surface area contributed by atoms with Gasteiger partial charge in [0.15, 0.2) is 0 Å². The van der Waals surface area contributed by atoms with Gasteiger partial charge < -0.3 is 4.42 Å². The van der Waals surface area contributed by atoms with Gasteiger partial charge in [-0.15, -0.1) is 0 Å². The first kappa shape index (κ1) is 29.3. The maximum Gasteiger partial charge on any atom is 0.136 e. The second-order valence-corrected chi connectivity index (χ2v) is 14.8. The van der Waals surface area contributed by atoms with E-state index in [-0.39, 0.29) is 5.41 Å². The highest BCUT2D eigenvalue weighted by molar-refractivity contribution is 6.24. The van der Waals surface area contributed by atoms with Crippen molar-refractivity contribution < 1.29 is 4.42 Å². The highest BCUT2D eigenvalue weighted by Crippen LogP contribution is 2.54.